The number of hydrogen-bond donors (Lipinski definition) is 4. The molecule has 0 aliphatic rings. The van der Waals surface area contributed by atoms with Crippen molar-refractivity contribution in [2.24, 2.45) is 10.2 Å². The molecule has 0 aliphatic heterocycles. The number of aromatic nitrogens is 1. The summed E-state index contributed by atoms with van der Waals surface area (Å²) < 4.78 is 1.15. The fourth-order valence-electron chi connectivity index (χ4n) is 3.22. The molecule has 0 spiro atoms. The van der Waals surface area contributed by atoms with E-state index in [1.54, 1.807) is 49.4 Å². The predicted molar refractivity (Wildman–Crippen MR) is 166 cm³/mol. The Hall–Kier alpha value is -4.06. The highest BCUT2D eigenvalue weighted by atomic mass is 32.1. The fraction of sp³-hybridized carbons (Fsp3) is 0.111. The van der Waals surface area contributed by atoms with Crippen molar-refractivity contribution >= 4 is 84.8 Å². The van der Waals surface area contributed by atoms with Gasteiger partial charge in [0.25, 0.3) is 5.91 Å². The number of hydrazone groups is 2. The summed E-state index contributed by atoms with van der Waals surface area (Å²) in [7, 11) is 0. The standard InChI is InChI=1S/C27H25N7OS3/c1-16(31-33-18(3)36)17(2)32-34-27(37)29-22-12-8-19(9-13-22)25(35)28-21-14-10-20(11-15-21)26-30-23-6-4-5-7-24(23)38-26/h4-15H,1-3H3,(H,28,35)(H,33,36)(H2,29,34,37)/b31-16+,32-17+. The van der Waals surface area contributed by atoms with Crippen LogP contribution < -0.4 is 21.5 Å². The lowest BCUT2D eigenvalue weighted by Gasteiger charge is -2.10. The van der Waals surface area contributed by atoms with Crippen molar-refractivity contribution in [1.29, 1.82) is 0 Å². The van der Waals surface area contributed by atoms with Crippen LogP contribution in [0.5, 0.6) is 0 Å². The molecule has 3 aromatic carbocycles. The average Bonchev–Trinajstić information content (AvgIpc) is 3.35. The number of para-hydroxylation sites is 1. The van der Waals surface area contributed by atoms with Crippen molar-refractivity contribution in [2.45, 2.75) is 20.8 Å². The lowest BCUT2D eigenvalue weighted by atomic mass is 10.1. The van der Waals surface area contributed by atoms with E-state index in [9.17, 15) is 4.79 Å². The van der Waals surface area contributed by atoms with Crippen LogP contribution in [-0.2, 0) is 0 Å². The van der Waals surface area contributed by atoms with E-state index < -0.39 is 0 Å². The van der Waals surface area contributed by atoms with E-state index in [-0.39, 0.29) is 5.91 Å². The first-order chi connectivity index (χ1) is 18.3. The molecule has 1 aromatic heterocycles. The molecule has 0 fully saturated rings. The lowest BCUT2D eigenvalue weighted by Crippen LogP contribution is -2.26. The molecule has 1 amide bonds. The van der Waals surface area contributed by atoms with Crippen LogP contribution in [0.25, 0.3) is 20.8 Å². The molecule has 0 radical (unpaired) electrons. The number of hydrogen-bond acceptors (Lipinski definition) is 7. The molecule has 0 atom stereocenters. The Morgan fingerprint density at radius 2 is 1.39 bits per heavy atom. The third-order valence-electron chi connectivity index (χ3n) is 5.32. The van der Waals surface area contributed by atoms with Crippen molar-refractivity contribution in [1.82, 2.24) is 15.8 Å². The van der Waals surface area contributed by atoms with E-state index in [1.165, 1.54) is 0 Å². The molecule has 38 heavy (non-hydrogen) atoms. The minimum atomic E-state index is -0.208. The van der Waals surface area contributed by atoms with Gasteiger partial charge in [-0.15, -0.1) is 11.3 Å². The normalized spacial score (nSPS) is 11.7. The van der Waals surface area contributed by atoms with Crippen LogP contribution in [0.2, 0.25) is 0 Å². The highest BCUT2D eigenvalue weighted by Gasteiger charge is 2.09. The summed E-state index contributed by atoms with van der Waals surface area (Å²) >= 11 is 11.9. The first kappa shape index (κ1) is 27.0. The summed E-state index contributed by atoms with van der Waals surface area (Å²) in [6.45, 7) is 5.35. The topological polar surface area (TPSA) is 103 Å². The molecule has 8 nitrogen and oxygen atoms in total. The molecule has 192 valence electrons. The highest BCUT2D eigenvalue weighted by molar-refractivity contribution is 7.80. The maximum atomic E-state index is 12.7. The predicted octanol–water partition coefficient (Wildman–Crippen LogP) is 6.19. The number of nitrogens with zero attached hydrogens (tertiary/aromatic N) is 3. The zero-order chi connectivity index (χ0) is 27.1. The molecule has 0 unspecified atom stereocenters. The van der Waals surface area contributed by atoms with Crippen LogP contribution in [-0.4, -0.2) is 32.4 Å². The number of thiocarbonyl (C=S) groups is 2. The monoisotopic (exact) mass is 559 g/mol. The number of carbonyl (C=O) groups excluding carboxylic acids is 1. The second-order valence-corrected chi connectivity index (χ2v) is 10.3. The molecule has 4 aromatic rings. The summed E-state index contributed by atoms with van der Waals surface area (Å²) in [6, 6.07) is 22.7. The Morgan fingerprint density at radius 3 is 2.05 bits per heavy atom. The smallest absolute Gasteiger partial charge is 0.255 e. The van der Waals surface area contributed by atoms with Gasteiger partial charge in [-0.2, -0.15) is 10.2 Å². The van der Waals surface area contributed by atoms with Crippen LogP contribution in [0.1, 0.15) is 31.1 Å². The van der Waals surface area contributed by atoms with Gasteiger partial charge in [0.05, 0.1) is 26.6 Å². The number of anilines is 2. The molecule has 1 heterocycles. The van der Waals surface area contributed by atoms with Crippen molar-refractivity contribution in [3.8, 4) is 10.6 Å². The first-order valence-corrected chi connectivity index (χ1v) is 13.2. The third kappa shape index (κ3) is 7.25. The minimum Gasteiger partial charge on any atom is -0.331 e. The molecule has 4 N–H and O–H groups in total. The van der Waals surface area contributed by atoms with E-state index >= 15 is 0 Å². The Balaban J connectivity index is 1.31. The Kier molecular flexibility index (Phi) is 8.85. The van der Waals surface area contributed by atoms with Gasteiger partial charge in [0.2, 0.25) is 0 Å². The van der Waals surface area contributed by atoms with Crippen LogP contribution >= 0.6 is 35.8 Å². The van der Waals surface area contributed by atoms with Gasteiger partial charge in [-0.25, -0.2) is 4.98 Å². The first-order valence-electron chi connectivity index (χ1n) is 11.6. The second-order valence-electron chi connectivity index (χ2n) is 8.22. The van der Waals surface area contributed by atoms with Gasteiger partial charge in [-0.1, -0.05) is 24.4 Å². The van der Waals surface area contributed by atoms with Gasteiger partial charge >= 0.3 is 0 Å². The fourth-order valence-corrected chi connectivity index (χ4v) is 4.40. The van der Waals surface area contributed by atoms with Gasteiger partial charge < -0.3 is 10.6 Å². The molecular weight excluding hydrogens is 535 g/mol. The van der Waals surface area contributed by atoms with E-state index in [0.717, 1.165) is 26.5 Å². The number of fused-ring (bicyclic) bond motifs is 1. The van der Waals surface area contributed by atoms with E-state index in [1.807, 2.05) is 49.4 Å². The van der Waals surface area contributed by atoms with E-state index in [0.29, 0.717) is 32.8 Å². The summed E-state index contributed by atoms with van der Waals surface area (Å²) in [6.07, 6.45) is 0. The van der Waals surface area contributed by atoms with Gasteiger partial charge in [0, 0.05) is 22.5 Å². The SMILES string of the molecule is CC(=S)N/N=C(C)/C(C)=N/NC(=S)Nc1ccc(C(=O)Nc2ccc(-c3nc4ccccc4s3)cc2)cc1. The van der Waals surface area contributed by atoms with Crippen molar-refractivity contribution in [2.75, 3.05) is 10.6 Å². The highest BCUT2D eigenvalue weighted by Crippen LogP contribution is 2.30. The quantitative estimate of drug-likeness (QED) is 0.122. The minimum absolute atomic E-state index is 0.208. The molecular formula is C27H25N7OS3. The molecule has 0 aliphatic carbocycles. The van der Waals surface area contributed by atoms with Gasteiger partial charge in [-0.05, 0) is 93.7 Å². The van der Waals surface area contributed by atoms with Crippen LogP contribution in [0.4, 0.5) is 11.4 Å². The summed E-state index contributed by atoms with van der Waals surface area (Å²) in [5, 5.41) is 15.5. The van der Waals surface area contributed by atoms with E-state index in [2.05, 4.69) is 42.7 Å². The second kappa shape index (κ2) is 12.5. The molecule has 4 rings (SSSR count). The number of nitrogens with one attached hydrogen (secondary N) is 4. The van der Waals surface area contributed by atoms with Gasteiger partial charge in [0.15, 0.2) is 5.11 Å². The molecule has 0 bridgehead atoms. The largest absolute Gasteiger partial charge is 0.331 e. The maximum Gasteiger partial charge on any atom is 0.255 e. The van der Waals surface area contributed by atoms with E-state index in [4.69, 9.17) is 24.4 Å². The summed E-state index contributed by atoms with van der Waals surface area (Å²) in [5.74, 6) is -0.208. The summed E-state index contributed by atoms with van der Waals surface area (Å²) in [4.78, 5) is 18.0. The zero-order valence-electron chi connectivity index (χ0n) is 20.9. The number of carbonyl (C=O) groups is 1. The Morgan fingerprint density at radius 1 is 0.789 bits per heavy atom. The average molecular weight is 560 g/mol. The number of benzene rings is 3. The van der Waals surface area contributed by atoms with Gasteiger partial charge in [-0.3, -0.25) is 15.6 Å². The Labute approximate surface area is 235 Å². The number of rotatable bonds is 7. The number of amides is 1. The molecule has 0 saturated heterocycles. The van der Waals surface area contributed by atoms with Gasteiger partial charge in [0.1, 0.15) is 5.01 Å². The maximum absolute atomic E-state index is 12.7. The third-order valence-corrected chi connectivity index (χ3v) is 6.69. The van der Waals surface area contributed by atoms with Crippen molar-refractivity contribution < 1.29 is 4.79 Å². The van der Waals surface area contributed by atoms with Crippen LogP contribution in [0.3, 0.4) is 0 Å². The molecule has 11 heteroatoms. The van der Waals surface area contributed by atoms with Crippen LogP contribution in [0, 0.1) is 0 Å². The summed E-state index contributed by atoms with van der Waals surface area (Å²) in [5.41, 5.74) is 10.8. The number of thiazole rings is 1. The van der Waals surface area contributed by atoms with Crippen LogP contribution in [0.15, 0.2) is 83.0 Å². The van der Waals surface area contributed by atoms with Crippen molar-refractivity contribution in [3.63, 3.8) is 0 Å². The Bertz CT molecular complexity index is 1510. The lowest BCUT2D eigenvalue weighted by molar-refractivity contribution is 0.102. The van der Waals surface area contributed by atoms with Crippen molar-refractivity contribution in [3.05, 3.63) is 78.4 Å². The zero-order valence-corrected chi connectivity index (χ0v) is 23.4. The molecule has 0 saturated carbocycles.